The molecule has 0 radical (unpaired) electrons. The Balaban J connectivity index is 0.000000164. The number of nitrogens with one attached hydrogen (secondary N) is 1. The molecule has 2 aromatic carbocycles. The topological polar surface area (TPSA) is 176 Å². The molecular weight excluding hydrogens is 830 g/mol. The molecule has 52 heavy (non-hydrogen) atoms. The van der Waals surface area contributed by atoms with Crippen LogP contribution < -0.4 is 11.5 Å². The van der Waals surface area contributed by atoms with E-state index in [4.69, 9.17) is 45.4 Å². The third-order valence-corrected chi connectivity index (χ3v) is 12.9. The van der Waals surface area contributed by atoms with Crippen molar-refractivity contribution in [2.75, 3.05) is 0 Å². The first-order valence-corrected chi connectivity index (χ1v) is 21.5. The number of benzene rings is 2. The molecule has 0 aliphatic carbocycles. The van der Waals surface area contributed by atoms with Crippen molar-refractivity contribution in [3.63, 3.8) is 0 Å². The van der Waals surface area contributed by atoms with Crippen LogP contribution in [0.25, 0.3) is 31.7 Å². The highest BCUT2D eigenvalue weighted by Crippen LogP contribution is 2.32. The summed E-state index contributed by atoms with van der Waals surface area (Å²) in [6.45, 7) is 3.92. The smallest absolute Gasteiger partial charge is 0.287 e. The van der Waals surface area contributed by atoms with E-state index in [2.05, 4.69) is 33.2 Å². The van der Waals surface area contributed by atoms with Crippen LogP contribution in [0.1, 0.15) is 25.0 Å². The van der Waals surface area contributed by atoms with Gasteiger partial charge in [-0.15, -0.1) is 35.1 Å². The Morgan fingerprint density at radius 2 is 1.31 bits per heavy atom. The number of hydrogen-bond donors (Lipinski definition) is 3. The molecule has 2 atom stereocenters. The molecular formula is C32H32Cl4N8O4S4. The molecule has 0 saturated heterocycles. The van der Waals surface area contributed by atoms with E-state index in [0.29, 0.717) is 21.9 Å². The van der Waals surface area contributed by atoms with Crippen LogP contribution in [0.15, 0.2) is 94.1 Å². The fraction of sp³-hybridized carbons (Fsp3) is 0.188. The SMILES string of the molecule is C[C@H](N)Cc1c[nH]c2ccccc12.C[C@H](N)Cc1cn(S(=O)(=O)c2c(Cl)nc3sccn23)c2ccccc12.Cl.O=S(=O)(Cl)c1c(Cl)nc2sccn12. The Morgan fingerprint density at radius 3 is 1.90 bits per heavy atom. The van der Waals surface area contributed by atoms with Gasteiger partial charge in [0.1, 0.15) is 0 Å². The lowest BCUT2D eigenvalue weighted by molar-refractivity contribution is 0.584. The van der Waals surface area contributed by atoms with Gasteiger partial charge in [-0.2, -0.15) is 8.42 Å². The Bertz CT molecular complexity index is 2710. The van der Waals surface area contributed by atoms with Crippen molar-refractivity contribution in [2.24, 2.45) is 11.5 Å². The first-order chi connectivity index (χ1) is 24.2. The summed E-state index contributed by atoms with van der Waals surface area (Å²) in [5.41, 5.74) is 15.7. The molecule has 0 fully saturated rings. The Kier molecular flexibility index (Phi) is 12.4. The molecule has 276 valence electrons. The standard InChI is InChI=1S/C16H15ClN4O2S2.C11H14N2.C5H2Cl2N2O2S2.ClH/c1-10(18)8-11-9-21(13-5-3-2-4-12(11)13)25(22,23)15-14(17)19-16-20(15)6-7-24-16;1-8(12)6-9-7-13-11-5-3-2-4-10(9)11;6-3-4(13(7,10)11)9-1-2-12-5(9)8-3;/h2-7,9-10H,8,18H2,1H3;2-5,7-8,13H,6,12H2,1H3;1-2H;1H/t10-;8-;;/m00../s1. The molecule has 0 amide bonds. The number of hydrogen-bond acceptors (Lipinski definition) is 10. The Morgan fingerprint density at radius 1 is 0.788 bits per heavy atom. The monoisotopic (exact) mass is 860 g/mol. The van der Waals surface area contributed by atoms with E-state index < -0.39 is 19.1 Å². The number of halogens is 4. The van der Waals surface area contributed by atoms with Gasteiger partial charge >= 0.3 is 0 Å². The maximum atomic E-state index is 13.3. The lowest BCUT2D eigenvalue weighted by Gasteiger charge is -2.07. The number of para-hydroxylation sites is 2. The number of H-pyrrole nitrogens is 1. The van der Waals surface area contributed by atoms with Gasteiger partial charge in [-0.1, -0.05) is 59.6 Å². The van der Waals surface area contributed by atoms with E-state index in [0.717, 1.165) is 17.4 Å². The van der Waals surface area contributed by atoms with E-state index in [9.17, 15) is 16.8 Å². The van der Waals surface area contributed by atoms with Crippen LogP contribution in [0, 0.1) is 0 Å². The number of nitrogens with zero attached hydrogens (tertiary/aromatic N) is 5. The molecule has 0 aliphatic rings. The van der Waals surface area contributed by atoms with E-state index >= 15 is 0 Å². The average molecular weight is 863 g/mol. The van der Waals surface area contributed by atoms with E-state index in [1.54, 1.807) is 35.4 Å². The molecule has 0 bridgehead atoms. The predicted octanol–water partition coefficient (Wildman–Crippen LogP) is 7.59. The van der Waals surface area contributed by atoms with Crippen LogP contribution in [0.5, 0.6) is 0 Å². The maximum absolute atomic E-state index is 13.3. The number of aromatic nitrogens is 6. The zero-order valence-corrected chi connectivity index (χ0v) is 33.7. The van der Waals surface area contributed by atoms with Crippen molar-refractivity contribution < 1.29 is 16.8 Å². The minimum absolute atomic E-state index is 0. The Hall–Kier alpha value is -3.16. The van der Waals surface area contributed by atoms with E-state index in [-0.39, 0.29) is 44.8 Å². The number of nitrogens with two attached hydrogens (primary N) is 2. The molecule has 6 heterocycles. The highest BCUT2D eigenvalue weighted by atomic mass is 35.7. The first kappa shape index (κ1) is 40.0. The van der Waals surface area contributed by atoms with Crippen molar-refractivity contribution in [1.82, 2.24) is 27.7 Å². The average Bonchev–Trinajstić information content (AvgIpc) is 3.89. The summed E-state index contributed by atoms with van der Waals surface area (Å²) in [4.78, 5) is 12.2. The molecule has 20 heteroatoms. The predicted molar refractivity (Wildman–Crippen MR) is 214 cm³/mol. The zero-order valence-electron chi connectivity index (χ0n) is 27.4. The van der Waals surface area contributed by atoms with Gasteiger partial charge in [-0.3, -0.25) is 8.80 Å². The van der Waals surface area contributed by atoms with Gasteiger partial charge in [-0.25, -0.2) is 22.4 Å². The summed E-state index contributed by atoms with van der Waals surface area (Å²) in [5.74, 6) is 0. The van der Waals surface area contributed by atoms with Crippen molar-refractivity contribution in [1.29, 1.82) is 0 Å². The van der Waals surface area contributed by atoms with Gasteiger partial charge in [-0.05, 0) is 49.9 Å². The fourth-order valence-corrected chi connectivity index (χ4v) is 10.9. The molecule has 0 unspecified atom stereocenters. The zero-order chi connectivity index (χ0) is 36.7. The molecule has 0 spiro atoms. The van der Waals surface area contributed by atoms with Crippen molar-refractivity contribution in [3.8, 4) is 0 Å². The summed E-state index contributed by atoms with van der Waals surface area (Å²) in [7, 11) is -2.58. The second-order valence-corrected chi connectivity index (χ2v) is 18.3. The minimum atomic E-state index is -3.91. The van der Waals surface area contributed by atoms with Gasteiger partial charge in [0.05, 0.1) is 5.52 Å². The number of fused-ring (bicyclic) bond motifs is 4. The number of rotatable bonds is 7. The summed E-state index contributed by atoms with van der Waals surface area (Å²) in [6.07, 6.45) is 8.40. The summed E-state index contributed by atoms with van der Waals surface area (Å²) < 4.78 is 52.9. The highest BCUT2D eigenvalue weighted by molar-refractivity contribution is 8.13. The van der Waals surface area contributed by atoms with Crippen LogP contribution in [0.4, 0.5) is 0 Å². The van der Waals surface area contributed by atoms with Crippen LogP contribution in [-0.4, -0.2) is 56.6 Å². The van der Waals surface area contributed by atoms with Crippen LogP contribution >= 0.6 is 69.0 Å². The van der Waals surface area contributed by atoms with E-state index in [1.807, 2.05) is 44.3 Å². The van der Waals surface area contributed by atoms with Gasteiger partial charge in [0.15, 0.2) is 25.3 Å². The first-order valence-electron chi connectivity index (χ1n) is 15.2. The molecule has 8 rings (SSSR count). The molecule has 0 saturated carbocycles. The van der Waals surface area contributed by atoms with Gasteiger partial charge in [0.2, 0.25) is 5.03 Å². The lowest BCUT2D eigenvalue weighted by Crippen LogP contribution is -2.18. The third-order valence-electron chi connectivity index (χ3n) is 7.61. The molecule has 6 aromatic heterocycles. The molecule has 5 N–H and O–H groups in total. The summed E-state index contributed by atoms with van der Waals surface area (Å²) in [6, 6.07) is 15.8. The number of imidazole rings is 2. The molecule has 12 nitrogen and oxygen atoms in total. The van der Waals surface area contributed by atoms with Crippen LogP contribution in [-0.2, 0) is 31.9 Å². The highest BCUT2D eigenvalue weighted by Gasteiger charge is 2.29. The summed E-state index contributed by atoms with van der Waals surface area (Å²) >= 11 is 14.4. The van der Waals surface area contributed by atoms with Gasteiger partial charge in [0.25, 0.3) is 19.1 Å². The van der Waals surface area contributed by atoms with Crippen molar-refractivity contribution in [2.45, 2.75) is 48.8 Å². The normalized spacial score (nSPS) is 13.1. The number of aromatic amines is 1. The quantitative estimate of drug-likeness (QED) is 0.137. The fourth-order valence-electron chi connectivity index (χ4n) is 5.59. The second-order valence-electron chi connectivity index (χ2n) is 11.7. The van der Waals surface area contributed by atoms with Crippen molar-refractivity contribution in [3.05, 3.63) is 106 Å². The van der Waals surface area contributed by atoms with Gasteiger partial charge in [0, 0.05) is 74.6 Å². The van der Waals surface area contributed by atoms with E-state index in [1.165, 1.54) is 51.9 Å². The third kappa shape index (κ3) is 8.16. The van der Waals surface area contributed by atoms with Gasteiger partial charge < -0.3 is 16.5 Å². The summed E-state index contributed by atoms with van der Waals surface area (Å²) in [5, 5.41) is 5.30. The lowest BCUT2D eigenvalue weighted by atomic mass is 10.1. The minimum Gasteiger partial charge on any atom is -0.361 e. The van der Waals surface area contributed by atoms with Crippen LogP contribution in [0.2, 0.25) is 10.3 Å². The second kappa shape index (κ2) is 16.1. The number of thiazole rings is 2. The largest absolute Gasteiger partial charge is 0.361 e. The van der Waals surface area contributed by atoms with Crippen LogP contribution in [0.3, 0.4) is 0 Å². The molecule has 0 aliphatic heterocycles. The Labute approximate surface area is 327 Å². The molecule has 8 aromatic rings. The van der Waals surface area contributed by atoms with Crippen molar-refractivity contribution >= 4 is 120 Å². The maximum Gasteiger partial charge on any atom is 0.287 e.